The third-order valence-corrected chi connectivity index (χ3v) is 4.70. The van der Waals surface area contributed by atoms with Crippen molar-refractivity contribution < 1.29 is 18.3 Å². The molecule has 0 radical (unpaired) electrons. The second kappa shape index (κ2) is 7.99. The number of nitrogens with zero attached hydrogens (tertiary/aromatic N) is 2. The van der Waals surface area contributed by atoms with Crippen LogP contribution in [0.5, 0.6) is 5.75 Å². The highest BCUT2D eigenvalue weighted by Gasteiger charge is 2.25. The number of rotatable bonds is 4. The lowest BCUT2D eigenvalue weighted by Crippen LogP contribution is -2.44. The lowest BCUT2D eigenvalue weighted by molar-refractivity contribution is -0.133. The molecule has 0 unspecified atom stereocenters. The molecule has 0 spiro atoms. The van der Waals surface area contributed by atoms with Gasteiger partial charge in [0.05, 0.1) is 0 Å². The molecule has 2 aromatic rings. The van der Waals surface area contributed by atoms with E-state index in [0.717, 1.165) is 16.6 Å². The number of pyridine rings is 1. The Kier molecular flexibility index (Phi) is 5.70. The van der Waals surface area contributed by atoms with Crippen LogP contribution in [0.4, 0.5) is 8.78 Å². The minimum atomic E-state index is -0.738. The molecule has 0 atom stereocenters. The Hall–Kier alpha value is -2.22. The minimum absolute atomic E-state index is 0.0110. The number of ether oxygens (including phenoxy) is 1. The zero-order valence-electron chi connectivity index (χ0n) is 13.8. The Morgan fingerprint density at radius 1 is 1.19 bits per heavy atom. The van der Waals surface area contributed by atoms with Crippen LogP contribution >= 0.6 is 15.9 Å². The van der Waals surface area contributed by atoms with Gasteiger partial charge in [-0.05, 0) is 34.1 Å². The van der Waals surface area contributed by atoms with Crippen molar-refractivity contribution in [3.05, 3.63) is 63.0 Å². The predicted octanol–water partition coefficient (Wildman–Crippen LogP) is 2.96. The molecule has 3 rings (SSSR count). The normalized spacial score (nSPS) is 15.1. The summed E-state index contributed by atoms with van der Waals surface area (Å²) in [5.74, 6) is -1.54. The van der Waals surface area contributed by atoms with E-state index in [1.165, 1.54) is 16.7 Å². The molecular weight excluding hydrogens is 410 g/mol. The maximum Gasteiger partial charge on any atom is 0.251 e. The van der Waals surface area contributed by atoms with Gasteiger partial charge >= 0.3 is 0 Å². The summed E-state index contributed by atoms with van der Waals surface area (Å²) in [6, 6.07) is 6.22. The summed E-state index contributed by atoms with van der Waals surface area (Å²) in [4.78, 5) is 25.8. The number of benzene rings is 1. The van der Waals surface area contributed by atoms with Crippen molar-refractivity contribution in [2.24, 2.45) is 0 Å². The third kappa shape index (κ3) is 4.49. The summed E-state index contributed by atoms with van der Waals surface area (Å²) in [6.45, 7) is 0.876. The highest BCUT2D eigenvalue weighted by molar-refractivity contribution is 9.10. The van der Waals surface area contributed by atoms with E-state index in [9.17, 15) is 18.4 Å². The average molecular weight is 427 g/mol. The van der Waals surface area contributed by atoms with E-state index in [1.807, 2.05) is 0 Å². The number of piperidine rings is 1. The first kappa shape index (κ1) is 18.6. The van der Waals surface area contributed by atoms with Gasteiger partial charge in [-0.2, -0.15) is 0 Å². The van der Waals surface area contributed by atoms with E-state index < -0.39 is 11.6 Å². The monoisotopic (exact) mass is 426 g/mol. The van der Waals surface area contributed by atoms with Crippen LogP contribution in [0.3, 0.4) is 0 Å². The van der Waals surface area contributed by atoms with E-state index in [4.69, 9.17) is 4.74 Å². The van der Waals surface area contributed by atoms with E-state index in [2.05, 4.69) is 15.9 Å². The van der Waals surface area contributed by atoms with Gasteiger partial charge in [-0.3, -0.25) is 9.59 Å². The molecule has 1 aliphatic rings. The molecule has 5 nitrogen and oxygen atoms in total. The summed E-state index contributed by atoms with van der Waals surface area (Å²) in [6.07, 6.45) is 2.41. The van der Waals surface area contributed by atoms with Gasteiger partial charge in [-0.15, -0.1) is 0 Å². The number of halogens is 3. The topological polar surface area (TPSA) is 51.5 Å². The van der Waals surface area contributed by atoms with Gasteiger partial charge in [0, 0.05) is 48.7 Å². The second-order valence-electron chi connectivity index (χ2n) is 6.09. The van der Waals surface area contributed by atoms with Gasteiger partial charge in [-0.1, -0.05) is 0 Å². The van der Waals surface area contributed by atoms with Crippen molar-refractivity contribution >= 4 is 21.8 Å². The number of likely N-dealkylation sites (tertiary alicyclic amines) is 1. The van der Waals surface area contributed by atoms with Crippen LogP contribution in [0.1, 0.15) is 12.8 Å². The third-order valence-electron chi connectivity index (χ3n) is 4.24. The molecule has 0 N–H and O–H groups in total. The average Bonchev–Trinajstić information content (AvgIpc) is 2.61. The number of carbonyl (C=O) groups excluding carboxylic acids is 1. The number of aromatic nitrogens is 1. The predicted molar refractivity (Wildman–Crippen MR) is 95.0 cm³/mol. The van der Waals surface area contributed by atoms with E-state index in [-0.39, 0.29) is 29.9 Å². The lowest BCUT2D eigenvalue weighted by Gasteiger charge is -2.32. The highest BCUT2D eigenvalue weighted by atomic mass is 79.9. The van der Waals surface area contributed by atoms with Gasteiger partial charge < -0.3 is 14.2 Å². The first-order chi connectivity index (χ1) is 12.4. The smallest absolute Gasteiger partial charge is 0.251 e. The van der Waals surface area contributed by atoms with Crippen molar-refractivity contribution in [2.45, 2.75) is 25.5 Å². The zero-order chi connectivity index (χ0) is 18.7. The highest BCUT2D eigenvalue weighted by Crippen LogP contribution is 2.23. The van der Waals surface area contributed by atoms with Crippen molar-refractivity contribution in [1.82, 2.24) is 9.47 Å². The molecule has 8 heteroatoms. The molecular formula is C18H17BrF2N2O3. The molecule has 138 valence electrons. The molecule has 1 amide bonds. The fraction of sp³-hybridized carbons (Fsp3) is 0.333. The van der Waals surface area contributed by atoms with Crippen LogP contribution in [0.2, 0.25) is 0 Å². The van der Waals surface area contributed by atoms with Crippen molar-refractivity contribution in [2.75, 3.05) is 13.1 Å². The van der Waals surface area contributed by atoms with Crippen LogP contribution in [0.15, 0.2) is 45.8 Å². The molecule has 0 bridgehead atoms. The van der Waals surface area contributed by atoms with E-state index in [1.54, 1.807) is 17.2 Å². The van der Waals surface area contributed by atoms with Gasteiger partial charge in [0.25, 0.3) is 5.56 Å². The van der Waals surface area contributed by atoms with Gasteiger partial charge in [0.15, 0.2) is 11.6 Å². The minimum Gasteiger partial charge on any atom is -0.487 e. The fourth-order valence-electron chi connectivity index (χ4n) is 2.84. The van der Waals surface area contributed by atoms with E-state index >= 15 is 0 Å². The summed E-state index contributed by atoms with van der Waals surface area (Å²) in [5.41, 5.74) is -0.244. The number of carbonyl (C=O) groups is 1. The molecule has 26 heavy (non-hydrogen) atoms. The Morgan fingerprint density at radius 2 is 1.92 bits per heavy atom. The first-order valence-corrected chi connectivity index (χ1v) is 8.97. The van der Waals surface area contributed by atoms with Gasteiger partial charge in [0.1, 0.15) is 18.5 Å². The summed E-state index contributed by atoms with van der Waals surface area (Å²) >= 11 is 3.28. The number of hydrogen-bond acceptors (Lipinski definition) is 3. The van der Waals surface area contributed by atoms with Crippen LogP contribution in [-0.2, 0) is 11.3 Å². The SMILES string of the molecule is O=C(Cn1cc(Br)ccc1=O)N1CCC(Oc2ccc(F)cc2F)CC1. The maximum absolute atomic E-state index is 13.7. The number of amides is 1. The number of hydrogen-bond donors (Lipinski definition) is 0. The Balaban J connectivity index is 1.55. The van der Waals surface area contributed by atoms with Crippen LogP contribution in [-0.4, -0.2) is 34.6 Å². The van der Waals surface area contributed by atoms with Crippen LogP contribution in [0, 0.1) is 11.6 Å². The zero-order valence-corrected chi connectivity index (χ0v) is 15.4. The molecule has 0 aliphatic carbocycles. The van der Waals surface area contributed by atoms with Crippen molar-refractivity contribution in [3.63, 3.8) is 0 Å². The first-order valence-electron chi connectivity index (χ1n) is 8.18. The Bertz CT molecular complexity index is 864. The Labute approximate surface area is 157 Å². The fourth-order valence-corrected chi connectivity index (χ4v) is 3.22. The summed E-state index contributed by atoms with van der Waals surface area (Å²) < 4.78 is 34.2. The quantitative estimate of drug-likeness (QED) is 0.754. The molecule has 1 aromatic carbocycles. The van der Waals surface area contributed by atoms with Gasteiger partial charge in [-0.25, -0.2) is 8.78 Å². The maximum atomic E-state index is 13.7. The van der Waals surface area contributed by atoms with Crippen molar-refractivity contribution in [1.29, 1.82) is 0 Å². The molecule has 1 saturated heterocycles. The Morgan fingerprint density at radius 3 is 2.62 bits per heavy atom. The van der Waals surface area contributed by atoms with Crippen LogP contribution in [0.25, 0.3) is 0 Å². The summed E-state index contributed by atoms with van der Waals surface area (Å²) in [5, 5.41) is 0. The van der Waals surface area contributed by atoms with Crippen molar-refractivity contribution in [3.8, 4) is 5.75 Å². The lowest BCUT2D eigenvalue weighted by atomic mass is 10.1. The molecule has 2 heterocycles. The molecule has 1 aliphatic heterocycles. The standard InChI is InChI=1S/C18H17BrF2N2O3/c19-12-1-4-17(24)23(10-12)11-18(25)22-7-5-14(6-8-22)26-16-3-2-13(20)9-15(16)21/h1-4,9-10,14H,5-8,11H2. The largest absolute Gasteiger partial charge is 0.487 e. The second-order valence-corrected chi connectivity index (χ2v) is 7.00. The van der Waals surface area contributed by atoms with Gasteiger partial charge in [0.2, 0.25) is 5.91 Å². The van der Waals surface area contributed by atoms with E-state index in [0.29, 0.717) is 25.9 Å². The molecule has 0 saturated carbocycles. The van der Waals surface area contributed by atoms with Crippen LogP contribution < -0.4 is 10.3 Å². The molecule has 1 fully saturated rings. The molecule has 1 aromatic heterocycles. The summed E-state index contributed by atoms with van der Waals surface area (Å²) in [7, 11) is 0.